The van der Waals surface area contributed by atoms with E-state index in [4.69, 9.17) is 0 Å². The summed E-state index contributed by atoms with van der Waals surface area (Å²) in [6.45, 7) is 5.00. The molecule has 2 heterocycles. The van der Waals surface area contributed by atoms with Crippen molar-refractivity contribution in [2.45, 2.75) is 19.9 Å². The zero-order valence-electron chi connectivity index (χ0n) is 14.1. The number of aromatic nitrogens is 1. The summed E-state index contributed by atoms with van der Waals surface area (Å²) in [4.78, 5) is 2.15. The van der Waals surface area contributed by atoms with Gasteiger partial charge in [0.15, 0.2) is 0 Å². The lowest BCUT2D eigenvalue weighted by molar-refractivity contribution is 0.388. The minimum atomic E-state index is -3.16. The highest BCUT2D eigenvalue weighted by Gasteiger charge is 2.27. The van der Waals surface area contributed by atoms with Crippen LogP contribution in [0.2, 0.25) is 0 Å². The summed E-state index contributed by atoms with van der Waals surface area (Å²) in [5, 5.41) is 10.8. The number of hydrogen-bond acceptors (Lipinski definition) is 4. The summed E-state index contributed by atoms with van der Waals surface area (Å²) in [6.07, 6.45) is 2.20. The molecule has 0 unspecified atom stereocenters. The van der Waals surface area contributed by atoms with Crippen LogP contribution in [-0.2, 0) is 16.6 Å². The largest absolute Gasteiger partial charge is 0.366 e. The second kappa shape index (κ2) is 6.46. The molecule has 24 heavy (non-hydrogen) atoms. The van der Waals surface area contributed by atoms with Crippen LogP contribution >= 0.6 is 0 Å². The molecule has 0 spiro atoms. The van der Waals surface area contributed by atoms with Crippen molar-refractivity contribution < 1.29 is 8.42 Å². The molecular weight excluding hydrogens is 324 g/mol. The van der Waals surface area contributed by atoms with Crippen LogP contribution in [0.5, 0.6) is 0 Å². The first-order valence-corrected chi connectivity index (χ1v) is 10.0. The molecule has 2 aromatic rings. The Kier molecular flexibility index (Phi) is 4.52. The minimum Gasteiger partial charge on any atom is -0.366 e. The molecule has 0 aliphatic carbocycles. The third-order valence-electron chi connectivity index (χ3n) is 4.52. The van der Waals surface area contributed by atoms with Crippen molar-refractivity contribution in [3.05, 3.63) is 30.0 Å². The highest BCUT2D eigenvalue weighted by molar-refractivity contribution is 7.88. The van der Waals surface area contributed by atoms with Crippen LogP contribution in [0.1, 0.15) is 19.0 Å². The Morgan fingerprint density at radius 1 is 1.17 bits per heavy atom. The van der Waals surface area contributed by atoms with Crippen LogP contribution in [0.3, 0.4) is 0 Å². The van der Waals surface area contributed by atoms with Crippen molar-refractivity contribution in [1.29, 1.82) is 5.26 Å². The van der Waals surface area contributed by atoms with E-state index in [1.54, 1.807) is 0 Å². The number of benzene rings is 1. The van der Waals surface area contributed by atoms with Gasteiger partial charge in [-0.15, -0.1) is 0 Å². The van der Waals surface area contributed by atoms with Gasteiger partial charge in [-0.2, -0.15) is 9.57 Å². The van der Waals surface area contributed by atoms with E-state index in [-0.39, 0.29) is 0 Å². The standard InChI is InChI=1S/C17H22N4O2S/c1-3-8-21-15-7-5-4-6-14(15)17(16(21)13-18)19-9-11-20(12-10-19)24(2,22)23/h4-7H,3,8-12H2,1-2H3. The predicted octanol–water partition coefficient (Wildman–Crippen LogP) is 2.00. The molecule has 1 saturated heterocycles. The van der Waals surface area contributed by atoms with Crippen molar-refractivity contribution in [2.75, 3.05) is 37.3 Å². The third kappa shape index (κ3) is 2.87. The Balaban J connectivity index is 2.03. The van der Waals surface area contributed by atoms with Crippen LogP contribution in [0.4, 0.5) is 5.69 Å². The highest BCUT2D eigenvalue weighted by atomic mass is 32.2. The van der Waals surface area contributed by atoms with Gasteiger partial charge in [0.25, 0.3) is 0 Å². The molecule has 1 aliphatic rings. The number of nitriles is 1. The molecule has 128 valence electrons. The summed E-state index contributed by atoms with van der Waals surface area (Å²) < 4.78 is 27.0. The topological polar surface area (TPSA) is 69.3 Å². The van der Waals surface area contributed by atoms with Gasteiger partial charge in [0, 0.05) is 38.1 Å². The van der Waals surface area contributed by atoms with Crippen molar-refractivity contribution in [3.8, 4) is 6.07 Å². The molecule has 0 amide bonds. The van der Waals surface area contributed by atoms with Crippen LogP contribution in [-0.4, -0.2) is 49.7 Å². The van der Waals surface area contributed by atoms with Crippen molar-refractivity contribution in [3.63, 3.8) is 0 Å². The number of sulfonamides is 1. The van der Waals surface area contributed by atoms with Gasteiger partial charge in [0.2, 0.25) is 10.0 Å². The Morgan fingerprint density at radius 2 is 1.83 bits per heavy atom. The van der Waals surface area contributed by atoms with Crippen molar-refractivity contribution >= 4 is 26.6 Å². The molecule has 0 atom stereocenters. The number of hydrogen-bond donors (Lipinski definition) is 0. The molecule has 0 N–H and O–H groups in total. The van der Waals surface area contributed by atoms with E-state index in [1.807, 2.05) is 24.3 Å². The number of rotatable bonds is 4. The van der Waals surface area contributed by atoms with Gasteiger partial charge in [-0.1, -0.05) is 25.1 Å². The quantitative estimate of drug-likeness (QED) is 0.849. The molecule has 1 aliphatic heterocycles. The number of piperazine rings is 1. The first-order valence-electron chi connectivity index (χ1n) is 8.18. The average Bonchev–Trinajstić information content (AvgIpc) is 2.88. The lowest BCUT2D eigenvalue weighted by Gasteiger charge is -2.34. The second-order valence-electron chi connectivity index (χ2n) is 6.13. The average molecular weight is 346 g/mol. The molecule has 7 heteroatoms. The van der Waals surface area contributed by atoms with E-state index in [0.29, 0.717) is 31.9 Å². The van der Waals surface area contributed by atoms with Crippen LogP contribution in [0.15, 0.2) is 24.3 Å². The van der Waals surface area contributed by atoms with Gasteiger partial charge in [0.1, 0.15) is 11.8 Å². The summed E-state index contributed by atoms with van der Waals surface area (Å²) in [5.41, 5.74) is 2.68. The van der Waals surface area contributed by atoms with Gasteiger partial charge < -0.3 is 9.47 Å². The molecule has 1 fully saturated rings. The van der Waals surface area contributed by atoms with Crippen LogP contribution in [0, 0.1) is 11.3 Å². The molecule has 3 rings (SSSR count). The number of fused-ring (bicyclic) bond motifs is 1. The summed E-state index contributed by atoms with van der Waals surface area (Å²) in [6, 6.07) is 10.4. The Morgan fingerprint density at radius 3 is 2.42 bits per heavy atom. The van der Waals surface area contributed by atoms with Crippen LogP contribution < -0.4 is 4.90 Å². The molecule has 0 bridgehead atoms. The van der Waals surface area contributed by atoms with Gasteiger partial charge in [-0.25, -0.2) is 8.42 Å². The maximum atomic E-state index is 11.7. The lowest BCUT2D eigenvalue weighted by Crippen LogP contribution is -2.48. The molecule has 0 saturated carbocycles. The van der Waals surface area contributed by atoms with Crippen molar-refractivity contribution in [2.24, 2.45) is 0 Å². The number of aryl methyl sites for hydroxylation is 1. The molecule has 6 nitrogen and oxygen atoms in total. The van der Waals surface area contributed by atoms with E-state index in [9.17, 15) is 13.7 Å². The van der Waals surface area contributed by atoms with Gasteiger partial charge in [0.05, 0.1) is 17.5 Å². The number of anilines is 1. The van der Waals surface area contributed by atoms with Gasteiger partial charge in [-0.3, -0.25) is 0 Å². The normalized spacial score (nSPS) is 16.5. The van der Waals surface area contributed by atoms with Gasteiger partial charge in [-0.05, 0) is 12.5 Å². The third-order valence-corrected chi connectivity index (χ3v) is 5.82. The summed E-state index contributed by atoms with van der Waals surface area (Å²) in [7, 11) is -3.16. The Labute approximate surface area is 142 Å². The zero-order chi connectivity index (χ0) is 17.3. The molecular formula is C17H22N4O2S. The maximum Gasteiger partial charge on any atom is 0.211 e. The smallest absolute Gasteiger partial charge is 0.211 e. The molecule has 0 radical (unpaired) electrons. The first kappa shape index (κ1) is 16.8. The Hall–Kier alpha value is -2.04. The van der Waals surface area contributed by atoms with E-state index in [2.05, 4.69) is 22.5 Å². The fraction of sp³-hybridized carbons (Fsp3) is 0.471. The molecule has 1 aromatic heterocycles. The Bertz CT molecular complexity index is 887. The number of nitrogens with zero attached hydrogens (tertiary/aromatic N) is 4. The molecule has 1 aromatic carbocycles. The lowest BCUT2D eigenvalue weighted by atomic mass is 10.2. The maximum absolute atomic E-state index is 11.7. The van der Waals surface area contributed by atoms with E-state index < -0.39 is 10.0 Å². The van der Waals surface area contributed by atoms with Crippen LogP contribution in [0.25, 0.3) is 10.9 Å². The van der Waals surface area contributed by atoms with E-state index in [1.165, 1.54) is 10.6 Å². The fourth-order valence-corrected chi connectivity index (χ4v) is 4.24. The SMILES string of the molecule is CCCn1c(C#N)c(N2CCN(S(C)(=O)=O)CC2)c2ccccc21. The summed E-state index contributed by atoms with van der Waals surface area (Å²) >= 11 is 0. The van der Waals surface area contributed by atoms with Gasteiger partial charge >= 0.3 is 0 Å². The predicted molar refractivity (Wildman–Crippen MR) is 95.6 cm³/mol. The highest BCUT2D eigenvalue weighted by Crippen LogP contribution is 2.34. The second-order valence-corrected chi connectivity index (χ2v) is 8.11. The minimum absolute atomic E-state index is 0.455. The fourth-order valence-electron chi connectivity index (χ4n) is 3.42. The monoisotopic (exact) mass is 346 g/mol. The number of para-hydroxylation sites is 1. The van der Waals surface area contributed by atoms with E-state index >= 15 is 0 Å². The first-order chi connectivity index (χ1) is 11.5. The van der Waals surface area contributed by atoms with E-state index in [0.717, 1.165) is 29.6 Å². The van der Waals surface area contributed by atoms with Crippen molar-refractivity contribution in [1.82, 2.24) is 8.87 Å². The zero-order valence-corrected chi connectivity index (χ0v) is 14.9. The summed E-state index contributed by atoms with van der Waals surface area (Å²) in [5.74, 6) is 0.